The summed E-state index contributed by atoms with van der Waals surface area (Å²) < 4.78 is 5.30. The Balaban J connectivity index is 1.66. The molecule has 9 nitrogen and oxygen atoms in total. The van der Waals surface area contributed by atoms with Crippen molar-refractivity contribution in [2.24, 2.45) is 0 Å². The average Bonchev–Trinajstić information content (AvgIpc) is 3.42. The van der Waals surface area contributed by atoms with E-state index in [1.54, 1.807) is 48.7 Å². The van der Waals surface area contributed by atoms with Crippen molar-refractivity contribution in [3.63, 3.8) is 0 Å². The minimum Gasteiger partial charge on any atom is -0.467 e. The van der Waals surface area contributed by atoms with E-state index in [2.05, 4.69) is 32.0 Å². The third kappa shape index (κ3) is 6.18. The lowest BCUT2D eigenvalue weighted by molar-refractivity contribution is 0.0948. The third-order valence-corrected chi connectivity index (χ3v) is 5.46. The van der Waals surface area contributed by atoms with Crippen LogP contribution < -0.4 is 16.0 Å². The molecule has 4 rings (SSSR count). The summed E-state index contributed by atoms with van der Waals surface area (Å²) in [4.78, 5) is 22.0. The van der Waals surface area contributed by atoms with Crippen LogP contribution in [0.3, 0.4) is 0 Å². The Kier molecular flexibility index (Phi) is 7.57. The number of nitriles is 2. The Hall–Kier alpha value is -5.41. The standard InChI is InChI=1S/C28H23N7O2/c1-18-13-21(5-3-11-29)14-19(2)25(18)34-26-24(27(36)31-16-23-6-4-12-37-23)17-32-28(35-26)33-22-9-7-20(15-30)8-10-22/h3-10,12-14,17H,16H2,1-2H3,(H,31,36)(H2,32,33,34,35)/b5-3+. The Morgan fingerprint density at radius 2 is 1.84 bits per heavy atom. The fourth-order valence-corrected chi connectivity index (χ4v) is 3.68. The first kappa shape index (κ1) is 24.7. The van der Waals surface area contributed by atoms with Crippen LogP contribution >= 0.6 is 0 Å². The van der Waals surface area contributed by atoms with Gasteiger partial charge in [-0.1, -0.05) is 0 Å². The zero-order valence-electron chi connectivity index (χ0n) is 20.2. The number of furan rings is 1. The van der Waals surface area contributed by atoms with Gasteiger partial charge in [-0.15, -0.1) is 0 Å². The smallest absolute Gasteiger partial charge is 0.257 e. The van der Waals surface area contributed by atoms with E-state index >= 15 is 0 Å². The van der Waals surface area contributed by atoms with E-state index in [0.29, 0.717) is 22.8 Å². The summed E-state index contributed by atoms with van der Waals surface area (Å²) in [6, 6.07) is 18.4. The summed E-state index contributed by atoms with van der Waals surface area (Å²) in [7, 11) is 0. The van der Waals surface area contributed by atoms with E-state index in [1.807, 2.05) is 32.0 Å². The summed E-state index contributed by atoms with van der Waals surface area (Å²) in [6.45, 7) is 4.09. The Labute approximate surface area is 214 Å². The molecule has 1 amide bonds. The van der Waals surface area contributed by atoms with Gasteiger partial charge in [-0.3, -0.25) is 4.79 Å². The van der Waals surface area contributed by atoms with Gasteiger partial charge in [-0.05, 0) is 85.1 Å². The van der Waals surface area contributed by atoms with Crippen molar-refractivity contribution in [2.45, 2.75) is 20.4 Å². The number of carbonyl (C=O) groups is 1. The Bertz CT molecular complexity index is 1500. The molecule has 2 aromatic carbocycles. The largest absolute Gasteiger partial charge is 0.467 e. The SMILES string of the molecule is Cc1cc(/C=C/C#N)cc(C)c1Nc1nc(Nc2ccc(C#N)cc2)ncc1C(=O)NCc1ccco1. The number of amides is 1. The molecule has 2 aromatic heterocycles. The Morgan fingerprint density at radius 3 is 2.49 bits per heavy atom. The lowest BCUT2D eigenvalue weighted by Crippen LogP contribution is -2.24. The van der Waals surface area contributed by atoms with Gasteiger partial charge < -0.3 is 20.4 Å². The maximum atomic E-state index is 13.1. The first-order chi connectivity index (χ1) is 18.0. The second-order valence-corrected chi connectivity index (χ2v) is 8.15. The van der Waals surface area contributed by atoms with Crippen molar-refractivity contribution in [1.29, 1.82) is 10.5 Å². The van der Waals surface area contributed by atoms with E-state index in [9.17, 15) is 4.79 Å². The molecule has 3 N–H and O–H groups in total. The lowest BCUT2D eigenvalue weighted by Gasteiger charge is -2.17. The van der Waals surface area contributed by atoms with E-state index in [0.717, 1.165) is 22.4 Å². The van der Waals surface area contributed by atoms with E-state index in [4.69, 9.17) is 14.9 Å². The number of aryl methyl sites for hydroxylation is 2. The summed E-state index contributed by atoms with van der Waals surface area (Å²) in [5.74, 6) is 0.844. The molecule has 0 radical (unpaired) electrons. The molecule has 0 unspecified atom stereocenters. The highest BCUT2D eigenvalue weighted by atomic mass is 16.3. The van der Waals surface area contributed by atoms with Crippen LogP contribution in [0.15, 0.2) is 71.5 Å². The number of anilines is 4. The highest BCUT2D eigenvalue weighted by Gasteiger charge is 2.17. The molecule has 0 aliphatic rings. The van der Waals surface area contributed by atoms with Crippen LogP contribution in [0.5, 0.6) is 0 Å². The molecule has 2 heterocycles. The van der Waals surface area contributed by atoms with Crippen molar-refractivity contribution >= 4 is 35.1 Å². The molecule has 0 saturated heterocycles. The molecule has 0 aliphatic carbocycles. The van der Waals surface area contributed by atoms with Crippen LogP contribution in [0.1, 0.15) is 38.4 Å². The fraction of sp³-hybridized carbons (Fsp3) is 0.107. The number of benzene rings is 2. The number of hydrogen-bond acceptors (Lipinski definition) is 8. The number of aromatic nitrogens is 2. The summed E-state index contributed by atoms with van der Waals surface area (Å²) in [5.41, 5.74) is 5.00. The molecular weight excluding hydrogens is 466 g/mol. The molecule has 0 saturated carbocycles. The first-order valence-corrected chi connectivity index (χ1v) is 11.4. The molecule has 0 bridgehead atoms. The normalized spacial score (nSPS) is 10.5. The van der Waals surface area contributed by atoms with Gasteiger partial charge in [0, 0.05) is 23.6 Å². The van der Waals surface area contributed by atoms with Crippen molar-refractivity contribution in [1.82, 2.24) is 15.3 Å². The van der Waals surface area contributed by atoms with Gasteiger partial charge in [-0.2, -0.15) is 15.5 Å². The van der Waals surface area contributed by atoms with Crippen LogP contribution in [-0.4, -0.2) is 15.9 Å². The molecule has 182 valence electrons. The van der Waals surface area contributed by atoms with Crippen molar-refractivity contribution in [3.05, 3.63) is 101 Å². The minimum absolute atomic E-state index is 0.217. The van der Waals surface area contributed by atoms with Crippen LogP contribution in [-0.2, 0) is 6.54 Å². The number of nitrogens with one attached hydrogen (secondary N) is 3. The molecule has 4 aromatic rings. The first-order valence-electron chi connectivity index (χ1n) is 11.4. The molecule has 0 aliphatic heterocycles. The van der Waals surface area contributed by atoms with Gasteiger partial charge in [-0.25, -0.2) is 4.98 Å². The van der Waals surface area contributed by atoms with Gasteiger partial charge in [0.15, 0.2) is 0 Å². The van der Waals surface area contributed by atoms with Crippen LogP contribution in [0.2, 0.25) is 0 Å². The minimum atomic E-state index is -0.368. The highest BCUT2D eigenvalue weighted by Crippen LogP contribution is 2.28. The zero-order chi connectivity index (χ0) is 26.2. The third-order valence-electron chi connectivity index (χ3n) is 5.46. The van der Waals surface area contributed by atoms with Crippen molar-refractivity contribution in [3.8, 4) is 12.1 Å². The molecule has 0 fully saturated rings. The van der Waals surface area contributed by atoms with Crippen LogP contribution in [0.4, 0.5) is 23.1 Å². The van der Waals surface area contributed by atoms with Crippen molar-refractivity contribution < 1.29 is 9.21 Å². The number of carbonyl (C=O) groups excluding carboxylic acids is 1. The monoisotopic (exact) mass is 489 g/mol. The number of allylic oxidation sites excluding steroid dienone is 1. The van der Waals surface area contributed by atoms with Gasteiger partial charge >= 0.3 is 0 Å². The zero-order valence-corrected chi connectivity index (χ0v) is 20.2. The maximum absolute atomic E-state index is 13.1. The van der Waals surface area contributed by atoms with Crippen molar-refractivity contribution in [2.75, 3.05) is 10.6 Å². The molecule has 0 spiro atoms. The Morgan fingerprint density at radius 1 is 1.08 bits per heavy atom. The van der Waals surface area contributed by atoms with Gasteiger partial charge in [0.2, 0.25) is 5.95 Å². The topological polar surface area (TPSA) is 140 Å². The number of nitrogens with zero attached hydrogens (tertiary/aromatic N) is 4. The summed E-state index contributed by atoms with van der Waals surface area (Å²) >= 11 is 0. The number of rotatable bonds is 8. The summed E-state index contributed by atoms with van der Waals surface area (Å²) in [6.07, 6.45) is 6.16. The highest BCUT2D eigenvalue weighted by molar-refractivity contribution is 5.99. The summed E-state index contributed by atoms with van der Waals surface area (Å²) in [5, 5.41) is 27.1. The second kappa shape index (κ2) is 11.3. The quantitative estimate of drug-likeness (QED) is 0.275. The fourth-order valence-electron chi connectivity index (χ4n) is 3.68. The number of hydrogen-bond donors (Lipinski definition) is 3. The molecular formula is C28H23N7O2. The molecule has 9 heteroatoms. The van der Waals surface area contributed by atoms with Crippen LogP contribution in [0.25, 0.3) is 6.08 Å². The molecule has 37 heavy (non-hydrogen) atoms. The predicted octanol–water partition coefficient (Wildman–Crippen LogP) is 5.51. The van der Waals surface area contributed by atoms with E-state index in [-0.39, 0.29) is 24.0 Å². The van der Waals surface area contributed by atoms with E-state index < -0.39 is 0 Å². The molecule has 0 atom stereocenters. The van der Waals surface area contributed by atoms with Gasteiger partial charge in [0.25, 0.3) is 5.91 Å². The average molecular weight is 490 g/mol. The van der Waals surface area contributed by atoms with Gasteiger partial charge in [0.1, 0.15) is 17.1 Å². The maximum Gasteiger partial charge on any atom is 0.257 e. The van der Waals surface area contributed by atoms with E-state index in [1.165, 1.54) is 12.3 Å². The second-order valence-electron chi connectivity index (χ2n) is 8.15. The van der Waals surface area contributed by atoms with Crippen LogP contribution in [0, 0.1) is 36.5 Å². The lowest BCUT2D eigenvalue weighted by atomic mass is 10.0. The van der Waals surface area contributed by atoms with Gasteiger partial charge in [0.05, 0.1) is 30.5 Å². The predicted molar refractivity (Wildman–Crippen MR) is 140 cm³/mol.